The fourth-order valence-electron chi connectivity index (χ4n) is 1.27. The van der Waals surface area contributed by atoms with Crippen molar-refractivity contribution in [3.63, 3.8) is 0 Å². The van der Waals surface area contributed by atoms with Gasteiger partial charge in [-0.15, -0.1) is 11.3 Å². The zero-order chi connectivity index (χ0) is 12.0. The second-order valence-electron chi connectivity index (χ2n) is 3.98. The second-order valence-corrected chi connectivity index (χ2v) is 4.93. The standard InChI is InChI=1S/C14H19NS/c1-5-13(14-7-6-10-16-14)15-12(4)9-8-11(2)3/h6-11H,4-5H2,1-3H3/b9-8-,15-13?. The first-order valence-electron chi connectivity index (χ1n) is 5.62. The minimum absolute atomic E-state index is 0.541. The molecule has 16 heavy (non-hydrogen) atoms. The first-order valence-corrected chi connectivity index (χ1v) is 6.50. The molecule has 0 saturated carbocycles. The van der Waals surface area contributed by atoms with Crippen molar-refractivity contribution in [2.24, 2.45) is 10.9 Å². The molecule has 86 valence electrons. The Morgan fingerprint density at radius 3 is 2.81 bits per heavy atom. The highest BCUT2D eigenvalue weighted by molar-refractivity contribution is 7.12. The molecule has 1 heterocycles. The van der Waals surface area contributed by atoms with Gasteiger partial charge in [0.1, 0.15) is 0 Å². The topological polar surface area (TPSA) is 12.4 Å². The Morgan fingerprint density at radius 2 is 2.31 bits per heavy atom. The van der Waals surface area contributed by atoms with Gasteiger partial charge in [-0.05, 0) is 29.9 Å². The van der Waals surface area contributed by atoms with E-state index in [-0.39, 0.29) is 0 Å². The fraction of sp³-hybridized carbons (Fsp3) is 0.357. The molecule has 1 rings (SSSR count). The Labute approximate surface area is 102 Å². The maximum atomic E-state index is 4.56. The van der Waals surface area contributed by atoms with Gasteiger partial charge in [-0.2, -0.15) is 0 Å². The fourth-order valence-corrected chi connectivity index (χ4v) is 2.05. The van der Waals surface area contributed by atoms with E-state index in [0.29, 0.717) is 5.92 Å². The van der Waals surface area contributed by atoms with E-state index in [1.165, 1.54) is 4.88 Å². The Balaban J connectivity index is 2.77. The molecule has 0 bridgehead atoms. The smallest absolute Gasteiger partial charge is 0.0579 e. The molecule has 0 aliphatic rings. The predicted molar refractivity (Wildman–Crippen MR) is 74.3 cm³/mol. The highest BCUT2D eigenvalue weighted by atomic mass is 32.1. The maximum Gasteiger partial charge on any atom is 0.0579 e. The quantitative estimate of drug-likeness (QED) is 0.517. The van der Waals surface area contributed by atoms with E-state index in [1.807, 2.05) is 6.08 Å². The van der Waals surface area contributed by atoms with E-state index in [2.05, 4.69) is 55.9 Å². The molecule has 0 aliphatic carbocycles. The Kier molecular flexibility index (Phi) is 5.20. The lowest BCUT2D eigenvalue weighted by Crippen LogP contribution is -1.95. The van der Waals surface area contributed by atoms with Crippen LogP contribution in [0.1, 0.15) is 32.1 Å². The van der Waals surface area contributed by atoms with Gasteiger partial charge < -0.3 is 0 Å². The molecule has 0 N–H and O–H groups in total. The minimum Gasteiger partial charge on any atom is -0.253 e. The van der Waals surface area contributed by atoms with Gasteiger partial charge >= 0.3 is 0 Å². The van der Waals surface area contributed by atoms with E-state index in [4.69, 9.17) is 0 Å². The molecule has 0 aliphatic heterocycles. The molecular formula is C14H19NS. The van der Waals surface area contributed by atoms with Crippen molar-refractivity contribution in [1.82, 2.24) is 0 Å². The van der Waals surface area contributed by atoms with Crippen LogP contribution in [0, 0.1) is 5.92 Å². The van der Waals surface area contributed by atoms with Crippen LogP contribution in [0.3, 0.4) is 0 Å². The summed E-state index contributed by atoms with van der Waals surface area (Å²) in [7, 11) is 0. The van der Waals surface area contributed by atoms with Crippen LogP contribution >= 0.6 is 11.3 Å². The third kappa shape index (κ3) is 4.15. The number of thiophene rings is 1. The minimum atomic E-state index is 0.541. The van der Waals surface area contributed by atoms with Gasteiger partial charge in [0, 0.05) is 4.88 Å². The SMILES string of the molecule is C=C(/C=C\C(C)C)N=C(CC)c1cccs1. The van der Waals surface area contributed by atoms with Crippen LogP contribution in [-0.2, 0) is 0 Å². The zero-order valence-electron chi connectivity index (χ0n) is 10.2. The number of hydrogen-bond donors (Lipinski definition) is 0. The number of allylic oxidation sites excluding steroid dienone is 2. The van der Waals surface area contributed by atoms with Crippen molar-refractivity contribution in [2.45, 2.75) is 27.2 Å². The maximum absolute atomic E-state index is 4.56. The first kappa shape index (κ1) is 12.9. The molecule has 2 heteroatoms. The summed E-state index contributed by atoms with van der Waals surface area (Å²) in [6.07, 6.45) is 5.05. The highest BCUT2D eigenvalue weighted by Crippen LogP contribution is 2.14. The van der Waals surface area contributed by atoms with Crippen molar-refractivity contribution < 1.29 is 0 Å². The van der Waals surface area contributed by atoms with E-state index in [9.17, 15) is 0 Å². The predicted octanol–water partition coefficient (Wildman–Crippen LogP) is 4.67. The Bertz CT molecular complexity index is 383. The zero-order valence-corrected chi connectivity index (χ0v) is 11.1. The van der Waals surface area contributed by atoms with Crippen LogP contribution in [0.2, 0.25) is 0 Å². The van der Waals surface area contributed by atoms with Crippen LogP contribution in [0.15, 0.2) is 46.9 Å². The monoisotopic (exact) mass is 233 g/mol. The summed E-state index contributed by atoms with van der Waals surface area (Å²) < 4.78 is 0. The molecule has 0 unspecified atom stereocenters. The van der Waals surface area contributed by atoms with Crippen molar-refractivity contribution >= 4 is 17.0 Å². The van der Waals surface area contributed by atoms with Crippen LogP contribution in [0.25, 0.3) is 0 Å². The molecule has 0 aromatic carbocycles. The van der Waals surface area contributed by atoms with Crippen molar-refractivity contribution in [1.29, 1.82) is 0 Å². The summed E-state index contributed by atoms with van der Waals surface area (Å²) in [5.74, 6) is 0.541. The molecule has 1 aromatic rings. The molecule has 0 fully saturated rings. The van der Waals surface area contributed by atoms with E-state index < -0.39 is 0 Å². The van der Waals surface area contributed by atoms with E-state index >= 15 is 0 Å². The summed E-state index contributed by atoms with van der Waals surface area (Å²) >= 11 is 1.73. The van der Waals surface area contributed by atoms with Gasteiger partial charge in [0.05, 0.1) is 11.4 Å². The van der Waals surface area contributed by atoms with Crippen LogP contribution < -0.4 is 0 Å². The largest absolute Gasteiger partial charge is 0.253 e. The normalized spacial score (nSPS) is 12.6. The van der Waals surface area contributed by atoms with Crippen molar-refractivity contribution in [2.75, 3.05) is 0 Å². The Morgan fingerprint density at radius 1 is 1.56 bits per heavy atom. The lowest BCUT2D eigenvalue weighted by atomic mass is 10.2. The Hall–Kier alpha value is -1.15. The number of hydrogen-bond acceptors (Lipinski definition) is 2. The third-order valence-electron chi connectivity index (χ3n) is 2.09. The molecule has 0 saturated heterocycles. The molecule has 0 spiro atoms. The molecule has 1 aromatic heterocycles. The molecule has 0 amide bonds. The number of nitrogens with zero attached hydrogens (tertiary/aromatic N) is 1. The molecule has 0 radical (unpaired) electrons. The molecular weight excluding hydrogens is 214 g/mol. The number of aliphatic imine (C=N–C) groups is 1. The van der Waals surface area contributed by atoms with Crippen LogP contribution in [0.5, 0.6) is 0 Å². The van der Waals surface area contributed by atoms with E-state index in [1.54, 1.807) is 11.3 Å². The molecule has 0 atom stereocenters. The first-order chi connectivity index (χ1) is 7.63. The molecule has 1 nitrogen and oxygen atoms in total. The number of rotatable bonds is 5. The van der Waals surface area contributed by atoms with Crippen LogP contribution in [-0.4, -0.2) is 5.71 Å². The average Bonchev–Trinajstić information content (AvgIpc) is 2.76. The van der Waals surface area contributed by atoms with Gasteiger partial charge in [-0.3, -0.25) is 4.99 Å². The van der Waals surface area contributed by atoms with Gasteiger partial charge in [-0.25, -0.2) is 0 Å². The summed E-state index contributed by atoms with van der Waals surface area (Å²) in [5, 5.41) is 2.08. The van der Waals surface area contributed by atoms with Crippen LogP contribution in [0.4, 0.5) is 0 Å². The van der Waals surface area contributed by atoms with E-state index in [0.717, 1.165) is 17.8 Å². The van der Waals surface area contributed by atoms with Gasteiger partial charge in [0.25, 0.3) is 0 Å². The summed E-state index contributed by atoms with van der Waals surface area (Å²) in [5.41, 5.74) is 1.95. The lowest BCUT2D eigenvalue weighted by molar-refractivity contribution is 0.830. The van der Waals surface area contributed by atoms with Gasteiger partial charge in [0.2, 0.25) is 0 Å². The van der Waals surface area contributed by atoms with Gasteiger partial charge in [-0.1, -0.05) is 39.5 Å². The van der Waals surface area contributed by atoms with Crippen molar-refractivity contribution in [3.8, 4) is 0 Å². The average molecular weight is 233 g/mol. The highest BCUT2D eigenvalue weighted by Gasteiger charge is 2.01. The second kappa shape index (κ2) is 6.44. The summed E-state index contributed by atoms with van der Waals surface area (Å²) in [6.45, 7) is 10.4. The third-order valence-corrected chi connectivity index (χ3v) is 3.01. The summed E-state index contributed by atoms with van der Waals surface area (Å²) in [4.78, 5) is 5.79. The van der Waals surface area contributed by atoms with Gasteiger partial charge in [0.15, 0.2) is 0 Å². The van der Waals surface area contributed by atoms with Crippen molar-refractivity contribution in [3.05, 3.63) is 46.8 Å². The summed E-state index contributed by atoms with van der Waals surface area (Å²) in [6, 6.07) is 4.16. The lowest BCUT2D eigenvalue weighted by Gasteiger charge is -2.01.